The van der Waals surface area contributed by atoms with Crippen LogP contribution >= 0.6 is 0 Å². The lowest BCUT2D eigenvalue weighted by molar-refractivity contribution is 0.229. The van der Waals surface area contributed by atoms with Gasteiger partial charge in [-0.25, -0.2) is 0 Å². The molecule has 1 fully saturated rings. The normalized spacial score (nSPS) is 16.4. The molecule has 0 saturated carbocycles. The van der Waals surface area contributed by atoms with E-state index in [9.17, 15) is 5.26 Å². The van der Waals surface area contributed by atoms with Gasteiger partial charge in [0, 0.05) is 39.3 Å². The van der Waals surface area contributed by atoms with Gasteiger partial charge >= 0.3 is 0 Å². The molecule has 1 heterocycles. The first-order chi connectivity index (χ1) is 9.60. The topological polar surface area (TPSA) is 33.5 Å². The van der Waals surface area contributed by atoms with E-state index < -0.39 is 0 Å². The number of aryl methyl sites for hydroxylation is 1. The van der Waals surface area contributed by atoms with Gasteiger partial charge in [-0.1, -0.05) is 6.07 Å². The second-order valence-corrected chi connectivity index (χ2v) is 5.76. The van der Waals surface area contributed by atoms with Crippen LogP contribution < -0.4 is 4.90 Å². The van der Waals surface area contributed by atoms with Crippen LogP contribution in [-0.4, -0.2) is 63.2 Å². The van der Waals surface area contributed by atoms with Gasteiger partial charge < -0.3 is 9.80 Å². The zero-order valence-corrected chi connectivity index (χ0v) is 12.8. The fourth-order valence-corrected chi connectivity index (χ4v) is 2.55. The molecule has 0 spiro atoms. The Labute approximate surface area is 122 Å². The fourth-order valence-electron chi connectivity index (χ4n) is 2.55. The molecule has 1 aromatic carbocycles. The van der Waals surface area contributed by atoms with E-state index in [1.165, 1.54) is 5.56 Å². The number of piperazine rings is 1. The summed E-state index contributed by atoms with van der Waals surface area (Å²) in [5.41, 5.74) is 3.10. The third kappa shape index (κ3) is 3.72. The first kappa shape index (κ1) is 14.8. The summed E-state index contributed by atoms with van der Waals surface area (Å²) < 4.78 is 0. The lowest BCUT2D eigenvalue weighted by atomic mass is 10.1. The summed E-state index contributed by atoms with van der Waals surface area (Å²) in [5, 5.41) is 9.24. The second kappa shape index (κ2) is 6.74. The van der Waals surface area contributed by atoms with Gasteiger partial charge in [0.05, 0.1) is 11.3 Å². The Morgan fingerprint density at radius 2 is 1.90 bits per heavy atom. The number of hydrogen-bond acceptors (Lipinski definition) is 4. The molecule has 0 unspecified atom stereocenters. The van der Waals surface area contributed by atoms with E-state index in [4.69, 9.17) is 0 Å². The summed E-state index contributed by atoms with van der Waals surface area (Å²) in [7, 11) is 4.23. The highest BCUT2D eigenvalue weighted by Gasteiger charge is 2.19. The predicted molar refractivity (Wildman–Crippen MR) is 83.1 cm³/mol. The van der Waals surface area contributed by atoms with Crippen LogP contribution in [0, 0.1) is 18.3 Å². The highest BCUT2D eigenvalue weighted by atomic mass is 15.3. The maximum atomic E-state index is 9.24. The summed E-state index contributed by atoms with van der Waals surface area (Å²) >= 11 is 0. The first-order valence-corrected chi connectivity index (χ1v) is 7.23. The first-order valence-electron chi connectivity index (χ1n) is 7.23. The molecule has 4 heteroatoms. The maximum absolute atomic E-state index is 9.24. The Morgan fingerprint density at radius 1 is 1.20 bits per heavy atom. The Bertz CT molecular complexity index is 482. The van der Waals surface area contributed by atoms with Crippen molar-refractivity contribution in [1.82, 2.24) is 9.80 Å². The van der Waals surface area contributed by atoms with E-state index in [1.54, 1.807) is 0 Å². The standard InChI is InChI=1S/C16H24N4/c1-14-4-5-15(13-17)16(12-14)20-10-8-19(9-11-20)7-6-18(2)3/h4-5,12H,6-11H2,1-3H3. The van der Waals surface area contributed by atoms with Crippen molar-refractivity contribution in [3.05, 3.63) is 29.3 Å². The Morgan fingerprint density at radius 3 is 2.50 bits per heavy atom. The van der Waals surface area contributed by atoms with Crippen molar-refractivity contribution < 1.29 is 0 Å². The van der Waals surface area contributed by atoms with Crippen molar-refractivity contribution in [2.45, 2.75) is 6.92 Å². The minimum absolute atomic E-state index is 0.789. The van der Waals surface area contributed by atoms with E-state index in [-0.39, 0.29) is 0 Å². The Hall–Kier alpha value is -1.57. The lowest BCUT2D eigenvalue weighted by Gasteiger charge is -2.37. The number of likely N-dealkylation sites (N-methyl/N-ethyl adjacent to an activating group) is 1. The molecule has 1 saturated heterocycles. The molecule has 0 atom stereocenters. The van der Waals surface area contributed by atoms with Crippen LogP contribution in [0.3, 0.4) is 0 Å². The molecule has 4 nitrogen and oxygen atoms in total. The SMILES string of the molecule is Cc1ccc(C#N)c(N2CCN(CCN(C)C)CC2)c1. The van der Waals surface area contributed by atoms with E-state index in [0.717, 1.165) is 50.5 Å². The molecule has 0 aliphatic carbocycles. The van der Waals surface area contributed by atoms with Crippen LogP contribution in [0.25, 0.3) is 0 Å². The number of nitrogens with zero attached hydrogens (tertiary/aromatic N) is 4. The molecule has 0 bridgehead atoms. The van der Waals surface area contributed by atoms with Crippen molar-refractivity contribution in [2.24, 2.45) is 0 Å². The summed E-state index contributed by atoms with van der Waals surface area (Å²) in [6, 6.07) is 8.39. The molecular weight excluding hydrogens is 248 g/mol. The van der Waals surface area contributed by atoms with E-state index in [0.29, 0.717) is 0 Å². The van der Waals surface area contributed by atoms with Crippen molar-refractivity contribution in [2.75, 3.05) is 58.3 Å². The average molecular weight is 272 g/mol. The Kier molecular flexibility index (Phi) is 4.99. The van der Waals surface area contributed by atoms with Gasteiger partial charge in [0.15, 0.2) is 0 Å². The molecule has 0 N–H and O–H groups in total. The molecule has 0 aromatic heterocycles. The quantitative estimate of drug-likeness (QED) is 0.833. The molecule has 108 valence electrons. The molecule has 20 heavy (non-hydrogen) atoms. The molecule has 1 aliphatic heterocycles. The zero-order valence-electron chi connectivity index (χ0n) is 12.8. The van der Waals surface area contributed by atoms with Gasteiger partial charge in [0.25, 0.3) is 0 Å². The van der Waals surface area contributed by atoms with Crippen LogP contribution in [0.5, 0.6) is 0 Å². The van der Waals surface area contributed by atoms with E-state index in [2.05, 4.69) is 47.9 Å². The highest BCUT2D eigenvalue weighted by Crippen LogP contribution is 2.22. The summed E-state index contributed by atoms with van der Waals surface area (Å²) in [4.78, 5) is 7.07. The third-order valence-electron chi connectivity index (χ3n) is 3.85. The van der Waals surface area contributed by atoms with Crippen LogP contribution in [-0.2, 0) is 0 Å². The minimum atomic E-state index is 0.789. The van der Waals surface area contributed by atoms with Crippen LogP contribution in [0.15, 0.2) is 18.2 Å². The van der Waals surface area contributed by atoms with Gasteiger partial charge in [0.1, 0.15) is 6.07 Å². The molecule has 0 amide bonds. The zero-order chi connectivity index (χ0) is 14.5. The molecule has 1 aromatic rings. The van der Waals surface area contributed by atoms with Gasteiger partial charge in [-0.2, -0.15) is 5.26 Å². The smallest absolute Gasteiger partial charge is 0.101 e. The van der Waals surface area contributed by atoms with E-state index in [1.807, 2.05) is 12.1 Å². The van der Waals surface area contributed by atoms with Crippen LogP contribution in [0.1, 0.15) is 11.1 Å². The predicted octanol–water partition coefficient (Wildman–Crippen LogP) is 1.55. The number of rotatable bonds is 4. The lowest BCUT2D eigenvalue weighted by Crippen LogP contribution is -2.48. The molecule has 0 radical (unpaired) electrons. The third-order valence-corrected chi connectivity index (χ3v) is 3.85. The van der Waals surface area contributed by atoms with Gasteiger partial charge in [0.2, 0.25) is 0 Å². The summed E-state index contributed by atoms with van der Waals surface area (Å²) in [6.07, 6.45) is 0. The number of anilines is 1. The maximum Gasteiger partial charge on any atom is 0.101 e. The number of nitriles is 1. The molecule has 1 aliphatic rings. The van der Waals surface area contributed by atoms with Crippen molar-refractivity contribution in [3.63, 3.8) is 0 Å². The highest BCUT2D eigenvalue weighted by molar-refractivity contribution is 5.60. The summed E-state index contributed by atoms with van der Waals surface area (Å²) in [6.45, 7) is 8.47. The van der Waals surface area contributed by atoms with Crippen LogP contribution in [0.4, 0.5) is 5.69 Å². The number of hydrogen-bond donors (Lipinski definition) is 0. The molecular formula is C16H24N4. The summed E-state index contributed by atoms with van der Waals surface area (Å²) in [5.74, 6) is 0. The fraction of sp³-hybridized carbons (Fsp3) is 0.562. The van der Waals surface area contributed by atoms with E-state index >= 15 is 0 Å². The van der Waals surface area contributed by atoms with Crippen molar-refractivity contribution in [3.8, 4) is 6.07 Å². The largest absolute Gasteiger partial charge is 0.368 e. The van der Waals surface area contributed by atoms with Crippen molar-refractivity contribution in [1.29, 1.82) is 5.26 Å². The molecule has 2 rings (SSSR count). The van der Waals surface area contributed by atoms with Gasteiger partial charge in [-0.15, -0.1) is 0 Å². The average Bonchev–Trinajstić information content (AvgIpc) is 2.45. The Balaban J connectivity index is 1.97. The second-order valence-electron chi connectivity index (χ2n) is 5.76. The monoisotopic (exact) mass is 272 g/mol. The van der Waals surface area contributed by atoms with Gasteiger partial charge in [-0.3, -0.25) is 4.90 Å². The minimum Gasteiger partial charge on any atom is -0.368 e. The van der Waals surface area contributed by atoms with Gasteiger partial charge in [-0.05, 0) is 38.7 Å². The van der Waals surface area contributed by atoms with Crippen LogP contribution in [0.2, 0.25) is 0 Å². The van der Waals surface area contributed by atoms with Crippen molar-refractivity contribution >= 4 is 5.69 Å². The number of benzene rings is 1.